The molecule has 1 saturated carbocycles. The third kappa shape index (κ3) is 5.75. The van der Waals surface area contributed by atoms with Crippen LogP contribution in [0.2, 0.25) is 5.02 Å². The molecule has 1 aromatic heterocycles. The van der Waals surface area contributed by atoms with E-state index in [9.17, 15) is 23.2 Å². The van der Waals surface area contributed by atoms with Crippen LogP contribution in [0.3, 0.4) is 0 Å². The average Bonchev–Trinajstić information content (AvgIpc) is 3.26. The summed E-state index contributed by atoms with van der Waals surface area (Å²) in [6, 6.07) is 11.3. The fraction of sp³-hybridized carbons (Fsp3) is 0.321. The molecule has 0 bridgehead atoms. The Morgan fingerprint density at radius 2 is 1.85 bits per heavy atom. The molecule has 2 unspecified atom stereocenters. The number of nitrogens with one attached hydrogen (secondary N) is 1. The van der Waals surface area contributed by atoms with Gasteiger partial charge >= 0.3 is 0 Å². The molecule has 1 saturated heterocycles. The standard InChI is InChI=1S/C28H26ClF2N5O3/c29-23-8-2-1-7-22(23)26(27(39)34-19-13-18(31)14-19)35(20-6-3-5-17(30)15-20)25(38)16-21-9-10-24(37)36(21)28-32-11-4-12-33-28/h1-8,11-12,15,18-19,21,26H,9-10,13-14,16H2,(H,34,39). The molecule has 1 N–H and O–H groups in total. The number of amides is 3. The van der Waals surface area contributed by atoms with Crippen LogP contribution >= 0.6 is 11.6 Å². The normalized spacial score (nSPS) is 21.3. The Labute approximate surface area is 229 Å². The van der Waals surface area contributed by atoms with Gasteiger partial charge in [-0.15, -0.1) is 0 Å². The van der Waals surface area contributed by atoms with E-state index in [1.807, 2.05) is 0 Å². The number of nitrogens with zero attached hydrogens (tertiary/aromatic N) is 4. The average molecular weight is 554 g/mol. The molecule has 1 aliphatic heterocycles. The van der Waals surface area contributed by atoms with E-state index in [1.165, 1.54) is 40.4 Å². The van der Waals surface area contributed by atoms with Gasteiger partial charge in [-0.25, -0.2) is 18.7 Å². The molecule has 1 aliphatic carbocycles. The predicted octanol–water partition coefficient (Wildman–Crippen LogP) is 4.55. The highest BCUT2D eigenvalue weighted by atomic mass is 35.5. The van der Waals surface area contributed by atoms with Gasteiger partial charge in [0.1, 0.15) is 18.0 Å². The van der Waals surface area contributed by atoms with Crippen molar-refractivity contribution in [3.05, 3.63) is 83.4 Å². The zero-order valence-electron chi connectivity index (χ0n) is 20.8. The molecule has 0 spiro atoms. The molecule has 3 amide bonds. The summed E-state index contributed by atoms with van der Waals surface area (Å²) in [4.78, 5) is 51.4. The van der Waals surface area contributed by atoms with Crippen molar-refractivity contribution in [2.45, 2.75) is 56.4 Å². The van der Waals surface area contributed by atoms with E-state index in [4.69, 9.17) is 11.6 Å². The van der Waals surface area contributed by atoms with E-state index in [-0.39, 0.29) is 54.3 Å². The molecule has 8 nitrogen and oxygen atoms in total. The molecule has 5 rings (SSSR count). The van der Waals surface area contributed by atoms with Gasteiger partial charge in [0.15, 0.2) is 0 Å². The first kappa shape index (κ1) is 26.7. The Morgan fingerprint density at radius 3 is 2.54 bits per heavy atom. The summed E-state index contributed by atoms with van der Waals surface area (Å²) < 4.78 is 27.9. The van der Waals surface area contributed by atoms with Crippen LogP contribution in [0.15, 0.2) is 67.0 Å². The van der Waals surface area contributed by atoms with Gasteiger partial charge < -0.3 is 5.32 Å². The Bertz CT molecular complexity index is 1370. The fourth-order valence-corrected chi connectivity index (χ4v) is 5.27. The largest absolute Gasteiger partial charge is 0.351 e. The molecule has 2 fully saturated rings. The lowest BCUT2D eigenvalue weighted by Crippen LogP contribution is -2.51. The molecule has 0 radical (unpaired) electrons. The van der Waals surface area contributed by atoms with Crippen LogP contribution in [-0.4, -0.2) is 45.9 Å². The van der Waals surface area contributed by atoms with Crippen molar-refractivity contribution in [2.75, 3.05) is 9.80 Å². The van der Waals surface area contributed by atoms with Crippen LogP contribution in [0.4, 0.5) is 20.4 Å². The zero-order valence-corrected chi connectivity index (χ0v) is 21.6. The zero-order chi connectivity index (χ0) is 27.5. The van der Waals surface area contributed by atoms with Crippen molar-refractivity contribution < 1.29 is 23.2 Å². The summed E-state index contributed by atoms with van der Waals surface area (Å²) >= 11 is 6.51. The molecule has 39 heavy (non-hydrogen) atoms. The van der Waals surface area contributed by atoms with E-state index >= 15 is 0 Å². The second-order valence-electron chi connectivity index (χ2n) is 9.65. The highest BCUT2D eigenvalue weighted by molar-refractivity contribution is 6.31. The number of benzene rings is 2. The van der Waals surface area contributed by atoms with Crippen molar-refractivity contribution in [2.24, 2.45) is 0 Å². The number of hydrogen-bond acceptors (Lipinski definition) is 5. The lowest BCUT2D eigenvalue weighted by molar-refractivity contribution is -0.128. The van der Waals surface area contributed by atoms with Crippen LogP contribution in [0, 0.1) is 5.82 Å². The van der Waals surface area contributed by atoms with Gasteiger partial charge in [0.2, 0.25) is 23.7 Å². The summed E-state index contributed by atoms with van der Waals surface area (Å²) in [5.74, 6) is -1.73. The fourth-order valence-electron chi connectivity index (χ4n) is 5.03. The van der Waals surface area contributed by atoms with Crippen molar-refractivity contribution in [1.29, 1.82) is 0 Å². The Hall–Kier alpha value is -3.92. The maximum atomic E-state index is 14.4. The first-order valence-corrected chi connectivity index (χ1v) is 13.0. The summed E-state index contributed by atoms with van der Waals surface area (Å²) in [7, 11) is 0. The Kier molecular flexibility index (Phi) is 7.83. The highest BCUT2D eigenvalue weighted by Crippen LogP contribution is 2.35. The van der Waals surface area contributed by atoms with Gasteiger partial charge in [-0.2, -0.15) is 0 Å². The van der Waals surface area contributed by atoms with Crippen molar-refractivity contribution in [1.82, 2.24) is 15.3 Å². The molecule has 11 heteroatoms. The summed E-state index contributed by atoms with van der Waals surface area (Å²) in [6.45, 7) is 0. The van der Waals surface area contributed by atoms with Crippen LogP contribution < -0.4 is 15.1 Å². The second kappa shape index (κ2) is 11.4. The Morgan fingerprint density at radius 1 is 1.10 bits per heavy atom. The van der Waals surface area contributed by atoms with Gasteiger partial charge in [0, 0.05) is 53.6 Å². The lowest BCUT2D eigenvalue weighted by atomic mass is 9.90. The van der Waals surface area contributed by atoms with E-state index in [0.29, 0.717) is 12.0 Å². The highest BCUT2D eigenvalue weighted by Gasteiger charge is 2.41. The number of halogens is 3. The number of carbonyl (C=O) groups is 3. The second-order valence-corrected chi connectivity index (χ2v) is 10.1. The molecule has 2 aromatic carbocycles. The minimum absolute atomic E-state index is 0.142. The summed E-state index contributed by atoms with van der Waals surface area (Å²) in [5, 5.41) is 3.05. The van der Waals surface area contributed by atoms with Crippen LogP contribution in [0.1, 0.15) is 43.7 Å². The number of rotatable bonds is 8. The molecule has 202 valence electrons. The van der Waals surface area contributed by atoms with Crippen LogP contribution in [0.5, 0.6) is 0 Å². The smallest absolute Gasteiger partial charge is 0.248 e. The van der Waals surface area contributed by atoms with Crippen LogP contribution in [0.25, 0.3) is 0 Å². The quantitative estimate of drug-likeness (QED) is 0.442. The molecule has 2 aliphatic rings. The Balaban J connectivity index is 1.53. The number of hydrogen-bond donors (Lipinski definition) is 1. The van der Waals surface area contributed by atoms with Crippen molar-refractivity contribution in [3.8, 4) is 0 Å². The summed E-state index contributed by atoms with van der Waals surface area (Å²) in [6.07, 6.45) is 2.76. The number of anilines is 2. The third-order valence-corrected chi connectivity index (χ3v) is 7.34. The van der Waals surface area contributed by atoms with Gasteiger partial charge in [-0.1, -0.05) is 35.9 Å². The molecule has 2 heterocycles. The van der Waals surface area contributed by atoms with Gasteiger partial charge in [-0.3, -0.25) is 24.2 Å². The predicted molar refractivity (Wildman–Crippen MR) is 141 cm³/mol. The van der Waals surface area contributed by atoms with E-state index < -0.39 is 35.9 Å². The SMILES string of the molecule is O=C(NC1CC(F)C1)C(c1ccccc1Cl)N(C(=O)CC1CCC(=O)N1c1ncccn1)c1cccc(F)c1. The number of aromatic nitrogens is 2. The molecule has 3 aromatic rings. The minimum Gasteiger partial charge on any atom is -0.351 e. The van der Waals surface area contributed by atoms with E-state index in [1.54, 1.807) is 30.3 Å². The van der Waals surface area contributed by atoms with Gasteiger partial charge in [-0.05, 0) is 49.6 Å². The molecular formula is C28H26ClF2N5O3. The van der Waals surface area contributed by atoms with Crippen molar-refractivity contribution >= 4 is 41.0 Å². The van der Waals surface area contributed by atoms with Crippen LogP contribution in [-0.2, 0) is 14.4 Å². The first-order valence-electron chi connectivity index (χ1n) is 12.7. The van der Waals surface area contributed by atoms with E-state index in [2.05, 4.69) is 15.3 Å². The molecular weight excluding hydrogens is 528 g/mol. The van der Waals surface area contributed by atoms with Gasteiger partial charge in [0.05, 0.1) is 0 Å². The number of carbonyl (C=O) groups excluding carboxylic acids is 3. The maximum Gasteiger partial charge on any atom is 0.248 e. The van der Waals surface area contributed by atoms with Crippen molar-refractivity contribution in [3.63, 3.8) is 0 Å². The van der Waals surface area contributed by atoms with Gasteiger partial charge in [0.25, 0.3) is 0 Å². The first-order chi connectivity index (χ1) is 18.8. The summed E-state index contributed by atoms with van der Waals surface area (Å²) in [5.41, 5.74) is 0.472. The maximum absolute atomic E-state index is 14.4. The third-order valence-electron chi connectivity index (χ3n) is 6.99. The van der Waals surface area contributed by atoms with E-state index in [0.717, 1.165) is 6.07 Å². The topological polar surface area (TPSA) is 95.5 Å². The lowest BCUT2D eigenvalue weighted by Gasteiger charge is -2.36. The monoisotopic (exact) mass is 553 g/mol. The minimum atomic E-state index is -1.27. The number of alkyl halides is 1. The molecule has 2 atom stereocenters.